The van der Waals surface area contributed by atoms with Crippen molar-refractivity contribution in [3.8, 4) is 0 Å². The first kappa shape index (κ1) is 13.2. The smallest absolute Gasteiger partial charge is 0.408 e. The molecule has 4 aromatic rings. The number of anilines is 1. The van der Waals surface area contributed by atoms with Gasteiger partial charge in [0.1, 0.15) is 0 Å². The molecule has 0 aliphatic rings. The molecule has 0 aliphatic heterocycles. The predicted octanol–water partition coefficient (Wildman–Crippen LogP) is 2.32. The SMILES string of the molecule is O=C(Nc1ccc2[nH]c(=O)oc2c1)c1ccc2nccnc2c1. The largest absolute Gasteiger partial charge is 0.417 e. The Balaban J connectivity index is 1.65. The highest BCUT2D eigenvalue weighted by molar-refractivity contribution is 6.06. The zero-order chi connectivity index (χ0) is 15.8. The first-order valence-corrected chi connectivity index (χ1v) is 6.84. The van der Waals surface area contributed by atoms with Crippen LogP contribution in [0.2, 0.25) is 0 Å². The molecule has 7 nitrogen and oxygen atoms in total. The molecule has 0 saturated heterocycles. The maximum Gasteiger partial charge on any atom is 0.417 e. The van der Waals surface area contributed by atoms with Crippen molar-refractivity contribution < 1.29 is 9.21 Å². The standard InChI is InChI=1S/C16H10N4O3/c21-15(9-1-3-11-13(7-9)18-6-5-17-11)19-10-2-4-12-14(8-10)23-16(22)20-12/h1-8H,(H,19,21)(H,20,22). The van der Waals surface area contributed by atoms with E-state index in [0.717, 1.165) is 5.52 Å². The number of hydrogen-bond acceptors (Lipinski definition) is 5. The van der Waals surface area contributed by atoms with Gasteiger partial charge in [0.25, 0.3) is 5.91 Å². The molecule has 0 atom stereocenters. The number of H-pyrrole nitrogens is 1. The zero-order valence-electron chi connectivity index (χ0n) is 11.7. The van der Waals surface area contributed by atoms with Crippen LogP contribution in [-0.2, 0) is 0 Å². The lowest BCUT2D eigenvalue weighted by molar-refractivity contribution is 0.102. The van der Waals surface area contributed by atoms with E-state index >= 15 is 0 Å². The topological polar surface area (TPSA) is 101 Å². The highest BCUT2D eigenvalue weighted by atomic mass is 16.4. The fourth-order valence-corrected chi connectivity index (χ4v) is 2.33. The van der Waals surface area contributed by atoms with Crippen LogP contribution in [0.15, 0.2) is 58.0 Å². The Morgan fingerprint density at radius 2 is 1.87 bits per heavy atom. The molecule has 0 saturated carbocycles. The molecule has 2 aromatic heterocycles. The van der Waals surface area contributed by atoms with Crippen LogP contribution in [0.25, 0.3) is 22.1 Å². The van der Waals surface area contributed by atoms with Crippen molar-refractivity contribution in [2.45, 2.75) is 0 Å². The summed E-state index contributed by atoms with van der Waals surface area (Å²) in [6, 6.07) is 10.0. The number of oxazole rings is 1. The second-order valence-electron chi connectivity index (χ2n) is 4.94. The van der Waals surface area contributed by atoms with Crippen molar-refractivity contribution in [1.82, 2.24) is 15.0 Å². The van der Waals surface area contributed by atoms with E-state index in [1.54, 1.807) is 48.8 Å². The molecule has 2 N–H and O–H groups in total. The second kappa shape index (κ2) is 5.06. The third-order valence-electron chi connectivity index (χ3n) is 3.41. The molecule has 0 spiro atoms. The third kappa shape index (κ3) is 2.44. The Labute approximate surface area is 129 Å². The van der Waals surface area contributed by atoms with E-state index < -0.39 is 5.76 Å². The summed E-state index contributed by atoms with van der Waals surface area (Å²) >= 11 is 0. The lowest BCUT2D eigenvalue weighted by Gasteiger charge is -2.05. The van der Waals surface area contributed by atoms with Gasteiger partial charge in [0.2, 0.25) is 0 Å². The number of carbonyl (C=O) groups excluding carboxylic acids is 1. The monoisotopic (exact) mass is 306 g/mol. The van der Waals surface area contributed by atoms with E-state index in [0.29, 0.717) is 27.9 Å². The fourth-order valence-electron chi connectivity index (χ4n) is 2.33. The number of aromatic nitrogens is 3. The van der Waals surface area contributed by atoms with Crippen molar-refractivity contribution in [3.63, 3.8) is 0 Å². The summed E-state index contributed by atoms with van der Waals surface area (Å²) in [4.78, 5) is 34.4. The summed E-state index contributed by atoms with van der Waals surface area (Å²) in [5.74, 6) is -0.814. The van der Waals surface area contributed by atoms with Crippen molar-refractivity contribution in [1.29, 1.82) is 0 Å². The maximum atomic E-state index is 12.3. The summed E-state index contributed by atoms with van der Waals surface area (Å²) in [5.41, 5.74) is 3.33. The van der Waals surface area contributed by atoms with Gasteiger partial charge in [-0.05, 0) is 30.3 Å². The van der Waals surface area contributed by atoms with Crippen LogP contribution in [-0.4, -0.2) is 20.9 Å². The number of aromatic amines is 1. The van der Waals surface area contributed by atoms with Crippen LogP contribution in [0.5, 0.6) is 0 Å². The number of nitrogens with zero attached hydrogens (tertiary/aromatic N) is 2. The number of hydrogen-bond donors (Lipinski definition) is 2. The van der Waals surface area contributed by atoms with E-state index in [1.807, 2.05) is 0 Å². The molecule has 0 unspecified atom stereocenters. The Morgan fingerprint density at radius 1 is 1.04 bits per heavy atom. The number of nitrogens with one attached hydrogen (secondary N) is 2. The molecule has 7 heteroatoms. The Bertz CT molecular complexity index is 1100. The summed E-state index contributed by atoms with van der Waals surface area (Å²) in [6.07, 6.45) is 3.17. The van der Waals surface area contributed by atoms with Crippen LogP contribution in [0.1, 0.15) is 10.4 Å². The molecular weight excluding hydrogens is 296 g/mol. The average molecular weight is 306 g/mol. The lowest BCUT2D eigenvalue weighted by atomic mass is 10.1. The molecular formula is C16H10N4O3. The summed E-state index contributed by atoms with van der Waals surface area (Å²) < 4.78 is 4.97. The molecule has 0 aliphatic carbocycles. The van der Waals surface area contributed by atoms with Crippen molar-refractivity contribution in [3.05, 3.63) is 64.9 Å². The number of fused-ring (bicyclic) bond motifs is 2. The van der Waals surface area contributed by atoms with Crippen LogP contribution in [0.4, 0.5) is 5.69 Å². The Morgan fingerprint density at radius 3 is 2.74 bits per heavy atom. The molecule has 112 valence electrons. The molecule has 2 aromatic carbocycles. The average Bonchev–Trinajstić information content (AvgIpc) is 2.93. The number of carbonyl (C=O) groups is 1. The second-order valence-corrected chi connectivity index (χ2v) is 4.94. The van der Waals surface area contributed by atoms with Gasteiger partial charge in [0, 0.05) is 29.7 Å². The van der Waals surface area contributed by atoms with Gasteiger partial charge < -0.3 is 9.73 Å². The zero-order valence-corrected chi connectivity index (χ0v) is 11.7. The molecule has 0 radical (unpaired) electrons. The van der Waals surface area contributed by atoms with Crippen LogP contribution < -0.4 is 11.1 Å². The van der Waals surface area contributed by atoms with E-state index in [2.05, 4.69) is 20.3 Å². The van der Waals surface area contributed by atoms with E-state index in [-0.39, 0.29) is 5.91 Å². The highest BCUT2D eigenvalue weighted by Gasteiger charge is 2.09. The molecule has 2 heterocycles. The highest BCUT2D eigenvalue weighted by Crippen LogP contribution is 2.18. The van der Waals surface area contributed by atoms with Gasteiger partial charge in [-0.3, -0.25) is 19.7 Å². The Kier molecular flexibility index (Phi) is 2.90. The molecule has 4 rings (SSSR count). The third-order valence-corrected chi connectivity index (χ3v) is 3.41. The summed E-state index contributed by atoms with van der Waals surface area (Å²) in [5, 5.41) is 2.76. The van der Waals surface area contributed by atoms with Gasteiger partial charge in [-0.1, -0.05) is 0 Å². The van der Waals surface area contributed by atoms with Crippen LogP contribution in [0, 0.1) is 0 Å². The van der Waals surface area contributed by atoms with Crippen LogP contribution in [0.3, 0.4) is 0 Å². The fraction of sp³-hybridized carbons (Fsp3) is 0. The molecule has 23 heavy (non-hydrogen) atoms. The molecule has 0 fully saturated rings. The molecule has 1 amide bonds. The minimum atomic E-state index is -0.531. The maximum absolute atomic E-state index is 12.3. The molecule has 0 bridgehead atoms. The van der Waals surface area contributed by atoms with E-state index in [1.165, 1.54) is 0 Å². The number of benzene rings is 2. The number of amides is 1. The van der Waals surface area contributed by atoms with Crippen molar-refractivity contribution in [2.75, 3.05) is 5.32 Å². The Hall–Kier alpha value is -3.48. The van der Waals surface area contributed by atoms with Gasteiger partial charge in [-0.15, -0.1) is 0 Å². The van der Waals surface area contributed by atoms with Gasteiger partial charge in [0.05, 0.1) is 16.6 Å². The van der Waals surface area contributed by atoms with Gasteiger partial charge >= 0.3 is 5.76 Å². The first-order chi connectivity index (χ1) is 11.2. The predicted molar refractivity (Wildman–Crippen MR) is 84.3 cm³/mol. The minimum absolute atomic E-state index is 0.283. The first-order valence-electron chi connectivity index (χ1n) is 6.84. The summed E-state index contributed by atoms with van der Waals surface area (Å²) in [6.45, 7) is 0. The van der Waals surface area contributed by atoms with Gasteiger partial charge in [-0.2, -0.15) is 0 Å². The minimum Gasteiger partial charge on any atom is -0.408 e. The lowest BCUT2D eigenvalue weighted by Crippen LogP contribution is -2.11. The van der Waals surface area contributed by atoms with Gasteiger partial charge in [0.15, 0.2) is 5.58 Å². The normalized spacial score (nSPS) is 11.0. The van der Waals surface area contributed by atoms with E-state index in [4.69, 9.17) is 4.42 Å². The van der Waals surface area contributed by atoms with Crippen molar-refractivity contribution in [2.24, 2.45) is 0 Å². The van der Waals surface area contributed by atoms with Gasteiger partial charge in [-0.25, -0.2) is 4.79 Å². The number of rotatable bonds is 2. The summed E-state index contributed by atoms with van der Waals surface area (Å²) in [7, 11) is 0. The quantitative estimate of drug-likeness (QED) is 0.592. The van der Waals surface area contributed by atoms with E-state index in [9.17, 15) is 9.59 Å². The van der Waals surface area contributed by atoms with Crippen LogP contribution >= 0.6 is 0 Å². The van der Waals surface area contributed by atoms with Crippen molar-refractivity contribution >= 4 is 33.7 Å².